The number of aryl methyl sites for hydroxylation is 2. The molecule has 0 aliphatic carbocycles. The maximum atomic E-state index is 12.8. The topological polar surface area (TPSA) is 72.2 Å². The molecule has 6 nitrogen and oxygen atoms in total. The summed E-state index contributed by atoms with van der Waals surface area (Å²) in [4.78, 5) is 19.6. The van der Waals surface area contributed by atoms with Gasteiger partial charge in [-0.2, -0.15) is 31.3 Å². The summed E-state index contributed by atoms with van der Waals surface area (Å²) in [7, 11) is 0. The number of alkyl halides is 6. The Balaban J connectivity index is 1.64. The van der Waals surface area contributed by atoms with Crippen molar-refractivity contribution in [1.82, 2.24) is 24.9 Å². The van der Waals surface area contributed by atoms with Crippen molar-refractivity contribution in [3.8, 4) is 0 Å². The fourth-order valence-corrected chi connectivity index (χ4v) is 3.03. The molecule has 0 atom stereocenters. The fourth-order valence-electron chi connectivity index (χ4n) is 3.03. The Bertz CT molecular complexity index is 1100. The smallest absolute Gasteiger partial charge is 0.352 e. The number of nitrogens with one attached hydrogen (secondary N) is 1. The fraction of sp³-hybridized carbons (Fsp3) is 0.368. The van der Waals surface area contributed by atoms with E-state index in [9.17, 15) is 31.1 Å². The van der Waals surface area contributed by atoms with Crippen LogP contribution in [0.25, 0.3) is 5.78 Å². The average Bonchev–Trinajstić information content (AvgIpc) is 3.10. The average molecular weight is 445 g/mol. The molecule has 1 N–H and O–H groups in total. The first kappa shape index (κ1) is 22.5. The summed E-state index contributed by atoms with van der Waals surface area (Å²) >= 11 is 0. The number of benzene rings is 1. The van der Waals surface area contributed by atoms with Gasteiger partial charge in [-0.1, -0.05) is 12.1 Å². The molecule has 166 valence electrons. The molecule has 0 saturated carbocycles. The van der Waals surface area contributed by atoms with Crippen LogP contribution in [0.1, 0.15) is 40.3 Å². The lowest BCUT2D eigenvalue weighted by atomic mass is 10.1. The van der Waals surface area contributed by atoms with E-state index in [0.29, 0.717) is 22.5 Å². The maximum absolute atomic E-state index is 12.8. The first-order valence-electron chi connectivity index (χ1n) is 9.09. The predicted molar refractivity (Wildman–Crippen MR) is 96.9 cm³/mol. The van der Waals surface area contributed by atoms with Crippen LogP contribution in [-0.4, -0.2) is 25.5 Å². The second kappa shape index (κ2) is 8.16. The van der Waals surface area contributed by atoms with Gasteiger partial charge in [-0.25, -0.2) is 9.50 Å². The van der Waals surface area contributed by atoms with E-state index in [1.807, 2.05) is 0 Å². The lowest BCUT2D eigenvalue weighted by Crippen LogP contribution is -2.23. The number of nitrogens with zero attached hydrogens (tertiary/aromatic N) is 4. The monoisotopic (exact) mass is 445 g/mol. The Morgan fingerprint density at radius 2 is 1.65 bits per heavy atom. The summed E-state index contributed by atoms with van der Waals surface area (Å²) in [6.45, 7) is 3.21. The third-order valence-electron chi connectivity index (χ3n) is 4.68. The molecule has 0 spiro atoms. The third-order valence-corrected chi connectivity index (χ3v) is 4.68. The molecule has 0 unspecified atom stereocenters. The lowest BCUT2D eigenvalue weighted by Gasteiger charge is -2.11. The van der Waals surface area contributed by atoms with Crippen molar-refractivity contribution in [2.24, 2.45) is 0 Å². The van der Waals surface area contributed by atoms with Crippen LogP contribution in [0.5, 0.6) is 0 Å². The summed E-state index contributed by atoms with van der Waals surface area (Å²) in [6.07, 6.45) is -8.93. The van der Waals surface area contributed by atoms with Crippen LogP contribution in [0.2, 0.25) is 0 Å². The highest BCUT2D eigenvalue weighted by atomic mass is 19.4. The number of carbonyl (C=O) groups excluding carboxylic acids is 1. The van der Waals surface area contributed by atoms with Gasteiger partial charge in [-0.3, -0.25) is 4.79 Å². The Morgan fingerprint density at radius 1 is 1.00 bits per heavy atom. The Labute approximate surface area is 172 Å². The summed E-state index contributed by atoms with van der Waals surface area (Å²) in [5.41, 5.74) is 1.11. The SMILES string of the molecule is Cc1nc2nc(C(F)(F)F)nn2c(C)c1CCC(=O)NCc1ccc(C(F)(F)F)cc1. The molecular weight excluding hydrogens is 428 g/mol. The van der Waals surface area contributed by atoms with Gasteiger partial charge in [0.25, 0.3) is 11.6 Å². The van der Waals surface area contributed by atoms with Crippen LogP contribution in [0.3, 0.4) is 0 Å². The van der Waals surface area contributed by atoms with Gasteiger partial charge in [0.15, 0.2) is 0 Å². The van der Waals surface area contributed by atoms with E-state index in [1.54, 1.807) is 13.8 Å². The standard InChI is InChI=1S/C19H17F6N5O/c1-10-14(11(2)30-17(27-10)28-16(29-30)19(23,24)25)7-8-15(31)26-9-12-3-5-13(6-4-12)18(20,21)22/h3-6H,7-9H2,1-2H3,(H,26,31). The van der Waals surface area contributed by atoms with Crippen LogP contribution in [0.15, 0.2) is 24.3 Å². The van der Waals surface area contributed by atoms with Gasteiger partial charge in [-0.15, -0.1) is 5.10 Å². The number of amides is 1. The van der Waals surface area contributed by atoms with E-state index in [-0.39, 0.29) is 31.1 Å². The van der Waals surface area contributed by atoms with Crippen LogP contribution >= 0.6 is 0 Å². The number of aromatic nitrogens is 4. The zero-order chi connectivity index (χ0) is 23.0. The molecule has 0 fully saturated rings. The molecular formula is C19H17F6N5O. The van der Waals surface area contributed by atoms with Crippen molar-refractivity contribution in [2.45, 2.75) is 45.6 Å². The van der Waals surface area contributed by atoms with E-state index in [2.05, 4.69) is 20.4 Å². The van der Waals surface area contributed by atoms with E-state index >= 15 is 0 Å². The minimum atomic E-state index is -4.70. The van der Waals surface area contributed by atoms with E-state index in [1.165, 1.54) is 12.1 Å². The van der Waals surface area contributed by atoms with Crippen molar-refractivity contribution >= 4 is 11.7 Å². The number of rotatable bonds is 5. The number of hydrogen-bond donors (Lipinski definition) is 1. The molecule has 3 aromatic rings. The van der Waals surface area contributed by atoms with E-state index < -0.39 is 23.7 Å². The largest absolute Gasteiger partial charge is 0.453 e. The molecule has 31 heavy (non-hydrogen) atoms. The van der Waals surface area contributed by atoms with Crippen molar-refractivity contribution in [2.75, 3.05) is 0 Å². The second-order valence-electron chi connectivity index (χ2n) is 6.88. The first-order chi connectivity index (χ1) is 14.4. The summed E-state index contributed by atoms with van der Waals surface area (Å²) < 4.78 is 77.3. The number of halogens is 6. The van der Waals surface area contributed by atoms with Crippen LogP contribution in [0, 0.1) is 13.8 Å². The maximum Gasteiger partial charge on any atom is 0.453 e. The normalized spacial score (nSPS) is 12.4. The minimum absolute atomic E-state index is 0.0102. The molecule has 1 amide bonds. The van der Waals surface area contributed by atoms with Gasteiger partial charge in [0, 0.05) is 24.4 Å². The third kappa shape index (κ3) is 5.12. The molecule has 12 heteroatoms. The van der Waals surface area contributed by atoms with Crippen molar-refractivity contribution < 1.29 is 31.1 Å². The van der Waals surface area contributed by atoms with Gasteiger partial charge in [-0.05, 0) is 43.5 Å². The molecule has 0 aliphatic rings. The lowest BCUT2D eigenvalue weighted by molar-refractivity contribution is -0.144. The second-order valence-corrected chi connectivity index (χ2v) is 6.88. The molecule has 0 aliphatic heterocycles. The van der Waals surface area contributed by atoms with Crippen LogP contribution < -0.4 is 5.32 Å². The molecule has 2 heterocycles. The highest BCUT2D eigenvalue weighted by Crippen LogP contribution is 2.29. The zero-order valence-electron chi connectivity index (χ0n) is 16.4. The Hall–Kier alpha value is -3.18. The van der Waals surface area contributed by atoms with Crippen molar-refractivity contribution in [3.63, 3.8) is 0 Å². The molecule has 0 saturated heterocycles. The summed E-state index contributed by atoms with van der Waals surface area (Å²) in [6, 6.07) is 4.42. The first-order valence-corrected chi connectivity index (χ1v) is 9.09. The number of carbonyl (C=O) groups is 1. The molecule has 3 rings (SSSR count). The van der Waals surface area contributed by atoms with Gasteiger partial charge >= 0.3 is 12.4 Å². The summed E-state index contributed by atoms with van der Waals surface area (Å²) in [5, 5.41) is 6.05. The van der Waals surface area contributed by atoms with Crippen LogP contribution in [0.4, 0.5) is 26.3 Å². The Kier molecular flexibility index (Phi) is 5.92. The molecule has 0 bridgehead atoms. The van der Waals surface area contributed by atoms with Crippen LogP contribution in [-0.2, 0) is 30.1 Å². The van der Waals surface area contributed by atoms with Crippen molar-refractivity contribution in [3.05, 3.63) is 58.2 Å². The number of hydrogen-bond acceptors (Lipinski definition) is 4. The van der Waals surface area contributed by atoms with Gasteiger partial charge in [0.1, 0.15) is 0 Å². The Morgan fingerprint density at radius 3 is 2.23 bits per heavy atom. The highest BCUT2D eigenvalue weighted by Gasteiger charge is 2.37. The van der Waals surface area contributed by atoms with Gasteiger partial charge in [0.05, 0.1) is 5.56 Å². The molecule has 1 aromatic carbocycles. The van der Waals surface area contributed by atoms with Gasteiger partial charge < -0.3 is 5.32 Å². The highest BCUT2D eigenvalue weighted by molar-refractivity contribution is 5.76. The quantitative estimate of drug-likeness (QED) is 0.602. The van der Waals surface area contributed by atoms with Crippen molar-refractivity contribution in [1.29, 1.82) is 0 Å². The summed E-state index contributed by atoms with van der Waals surface area (Å²) in [5.74, 6) is -1.85. The number of fused-ring (bicyclic) bond motifs is 1. The minimum Gasteiger partial charge on any atom is -0.352 e. The predicted octanol–water partition coefficient (Wildman–Crippen LogP) is 4.03. The zero-order valence-corrected chi connectivity index (χ0v) is 16.4. The molecule has 2 aromatic heterocycles. The van der Waals surface area contributed by atoms with E-state index in [0.717, 1.165) is 16.6 Å². The molecule has 0 radical (unpaired) electrons. The van der Waals surface area contributed by atoms with E-state index in [4.69, 9.17) is 0 Å². The van der Waals surface area contributed by atoms with Gasteiger partial charge in [0.2, 0.25) is 5.91 Å².